The Morgan fingerprint density at radius 1 is 1.16 bits per heavy atom. The number of nitrogens with zero attached hydrogens (tertiary/aromatic N) is 1. The molecule has 2 N–H and O–H groups in total. The van der Waals surface area contributed by atoms with E-state index < -0.39 is 11.8 Å². The molecule has 0 aliphatic heterocycles. The van der Waals surface area contributed by atoms with Gasteiger partial charge < -0.3 is 10.1 Å². The number of aromatic nitrogens is 2. The first-order chi connectivity index (χ1) is 9.16. The number of imidazole rings is 1. The maximum atomic E-state index is 13.7. The number of rotatable bonds is 2. The van der Waals surface area contributed by atoms with Crippen molar-refractivity contribution in [2.45, 2.75) is 0 Å². The highest BCUT2D eigenvalue weighted by atomic mass is 19.1. The molecule has 0 saturated heterocycles. The molecule has 0 saturated carbocycles. The fourth-order valence-corrected chi connectivity index (χ4v) is 1.99. The topological polar surface area (TPSA) is 66.0 Å². The van der Waals surface area contributed by atoms with Crippen molar-refractivity contribution in [3.63, 3.8) is 0 Å². The summed E-state index contributed by atoms with van der Waals surface area (Å²) in [5, 5.41) is 9.10. The van der Waals surface area contributed by atoms with Gasteiger partial charge in [-0.15, -0.1) is 0 Å². The number of H-pyrrole nitrogens is 1. The molecule has 0 fully saturated rings. The van der Waals surface area contributed by atoms with Crippen LogP contribution in [0, 0.1) is 5.82 Å². The lowest BCUT2D eigenvalue weighted by Crippen LogP contribution is -1.96. The Labute approximate surface area is 107 Å². The molecule has 1 aromatic heterocycles. The van der Waals surface area contributed by atoms with Gasteiger partial charge in [0.25, 0.3) is 0 Å². The molecule has 0 radical (unpaired) electrons. The lowest BCUT2D eigenvalue weighted by atomic mass is 10.2. The highest BCUT2D eigenvalue weighted by molar-refractivity contribution is 6.01. The van der Waals surface area contributed by atoms with Crippen molar-refractivity contribution in [3.8, 4) is 11.4 Å². The van der Waals surface area contributed by atoms with Gasteiger partial charge in [-0.25, -0.2) is 14.2 Å². The lowest BCUT2D eigenvalue weighted by molar-refractivity contribution is 0.0699. The van der Waals surface area contributed by atoms with E-state index in [9.17, 15) is 9.18 Å². The third kappa shape index (κ3) is 1.85. The fraction of sp³-hybridized carbons (Fsp3) is 0. The van der Waals surface area contributed by atoms with Gasteiger partial charge in [0, 0.05) is 0 Å². The number of carboxylic acid groups (broad SMARTS) is 1. The van der Waals surface area contributed by atoms with E-state index in [-0.39, 0.29) is 5.56 Å². The van der Waals surface area contributed by atoms with Crippen LogP contribution in [0.25, 0.3) is 22.4 Å². The molecule has 0 spiro atoms. The summed E-state index contributed by atoms with van der Waals surface area (Å²) in [6, 6.07) is 11.0. The number of fused-ring (bicyclic) bond motifs is 1. The van der Waals surface area contributed by atoms with E-state index >= 15 is 0 Å². The van der Waals surface area contributed by atoms with Crippen LogP contribution >= 0.6 is 0 Å². The summed E-state index contributed by atoms with van der Waals surface area (Å²) in [5.74, 6) is -1.13. The van der Waals surface area contributed by atoms with Gasteiger partial charge in [-0.1, -0.05) is 18.2 Å². The summed E-state index contributed by atoms with van der Waals surface area (Å²) in [7, 11) is 0. The first kappa shape index (κ1) is 11.4. The van der Waals surface area contributed by atoms with Gasteiger partial charge in [-0.05, 0) is 24.3 Å². The second-order valence-electron chi connectivity index (χ2n) is 4.07. The van der Waals surface area contributed by atoms with Crippen LogP contribution in [-0.4, -0.2) is 21.0 Å². The van der Waals surface area contributed by atoms with E-state index in [1.54, 1.807) is 30.3 Å². The molecule has 3 aromatic rings. The number of hydrogen-bond acceptors (Lipinski definition) is 2. The predicted octanol–water partition coefficient (Wildman–Crippen LogP) is 3.07. The number of para-hydroxylation sites is 1. The largest absolute Gasteiger partial charge is 0.478 e. The first-order valence-corrected chi connectivity index (χ1v) is 5.64. The minimum Gasteiger partial charge on any atom is -0.478 e. The predicted molar refractivity (Wildman–Crippen MR) is 68.4 cm³/mol. The molecule has 94 valence electrons. The Balaban J connectivity index is 2.26. The summed E-state index contributed by atoms with van der Waals surface area (Å²) in [5.41, 5.74) is 1.33. The highest BCUT2D eigenvalue weighted by Crippen LogP contribution is 2.24. The molecule has 19 heavy (non-hydrogen) atoms. The standard InChI is InChI=1S/C14H9FN2O2/c15-10-6-2-1-4-8(10)13-16-11-7-3-5-9(14(18)19)12(11)17-13/h1-7H,(H,16,17)(H,18,19). The molecule has 0 aliphatic carbocycles. The molecular formula is C14H9FN2O2. The summed E-state index contributed by atoms with van der Waals surface area (Å²) >= 11 is 0. The zero-order valence-corrected chi connectivity index (χ0v) is 9.72. The number of carbonyl (C=O) groups is 1. The number of hydrogen-bond donors (Lipinski definition) is 2. The number of nitrogens with one attached hydrogen (secondary N) is 1. The summed E-state index contributed by atoms with van der Waals surface area (Å²) in [4.78, 5) is 18.2. The molecule has 0 bridgehead atoms. The average Bonchev–Trinajstić information content (AvgIpc) is 2.82. The van der Waals surface area contributed by atoms with Gasteiger partial charge in [0.05, 0.1) is 22.2 Å². The van der Waals surface area contributed by atoms with E-state index in [1.165, 1.54) is 12.1 Å². The van der Waals surface area contributed by atoms with Crippen LogP contribution in [0.3, 0.4) is 0 Å². The second kappa shape index (κ2) is 4.20. The van der Waals surface area contributed by atoms with Crippen LogP contribution in [0.5, 0.6) is 0 Å². The van der Waals surface area contributed by atoms with Crippen LogP contribution in [0.15, 0.2) is 42.5 Å². The highest BCUT2D eigenvalue weighted by Gasteiger charge is 2.14. The minimum atomic E-state index is -1.05. The third-order valence-corrected chi connectivity index (χ3v) is 2.88. The molecule has 0 unspecified atom stereocenters. The van der Waals surface area contributed by atoms with Crippen molar-refractivity contribution in [3.05, 3.63) is 53.8 Å². The van der Waals surface area contributed by atoms with Crippen molar-refractivity contribution < 1.29 is 14.3 Å². The van der Waals surface area contributed by atoms with Gasteiger partial charge in [-0.3, -0.25) is 0 Å². The fourth-order valence-electron chi connectivity index (χ4n) is 1.99. The number of benzene rings is 2. The van der Waals surface area contributed by atoms with E-state index in [0.717, 1.165) is 0 Å². The summed E-state index contributed by atoms with van der Waals surface area (Å²) < 4.78 is 13.7. The average molecular weight is 256 g/mol. The number of carboxylic acids is 1. The normalized spacial score (nSPS) is 10.8. The Hall–Kier alpha value is -2.69. The number of aromatic carboxylic acids is 1. The Kier molecular flexibility index (Phi) is 2.52. The Morgan fingerprint density at radius 2 is 1.95 bits per heavy atom. The van der Waals surface area contributed by atoms with Crippen LogP contribution < -0.4 is 0 Å². The van der Waals surface area contributed by atoms with Gasteiger partial charge in [-0.2, -0.15) is 0 Å². The van der Waals surface area contributed by atoms with Crippen molar-refractivity contribution >= 4 is 17.0 Å². The summed E-state index contributed by atoms with van der Waals surface area (Å²) in [6.07, 6.45) is 0. The van der Waals surface area contributed by atoms with Gasteiger partial charge in [0.15, 0.2) is 0 Å². The van der Waals surface area contributed by atoms with Crippen molar-refractivity contribution in [1.82, 2.24) is 9.97 Å². The number of halogens is 1. The Morgan fingerprint density at radius 3 is 2.68 bits per heavy atom. The maximum absolute atomic E-state index is 13.7. The quantitative estimate of drug-likeness (QED) is 0.740. The molecule has 0 aliphatic rings. The number of aromatic amines is 1. The van der Waals surface area contributed by atoms with Crippen LogP contribution in [0.2, 0.25) is 0 Å². The lowest BCUT2D eigenvalue weighted by Gasteiger charge is -1.97. The minimum absolute atomic E-state index is 0.118. The molecule has 1 heterocycles. The monoisotopic (exact) mass is 256 g/mol. The van der Waals surface area contributed by atoms with Crippen LogP contribution in [0.1, 0.15) is 10.4 Å². The first-order valence-electron chi connectivity index (χ1n) is 5.64. The molecule has 3 rings (SSSR count). The van der Waals surface area contributed by atoms with Gasteiger partial charge >= 0.3 is 5.97 Å². The molecule has 4 nitrogen and oxygen atoms in total. The second-order valence-corrected chi connectivity index (χ2v) is 4.07. The van der Waals surface area contributed by atoms with E-state index in [2.05, 4.69) is 9.97 Å². The van der Waals surface area contributed by atoms with Crippen LogP contribution in [-0.2, 0) is 0 Å². The zero-order chi connectivity index (χ0) is 13.4. The zero-order valence-electron chi connectivity index (χ0n) is 9.72. The molecule has 2 aromatic carbocycles. The van der Waals surface area contributed by atoms with Gasteiger partial charge in [0.2, 0.25) is 0 Å². The third-order valence-electron chi connectivity index (χ3n) is 2.88. The van der Waals surface area contributed by atoms with Crippen molar-refractivity contribution in [1.29, 1.82) is 0 Å². The smallest absolute Gasteiger partial charge is 0.337 e. The van der Waals surface area contributed by atoms with Crippen molar-refractivity contribution in [2.24, 2.45) is 0 Å². The molecular weight excluding hydrogens is 247 g/mol. The van der Waals surface area contributed by atoms with Crippen LogP contribution in [0.4, 0.5) is 4.39 Å². The van der Waals surface area contributed by atoms with Crippen molar-refractivity contribution in [2.75, 3.05) is 0 Å². The molecule has 5 heteroatoms. The Bertz CT molecular complexity index is 780. The molecule has 0 atom stereocenters. The van der Waals surface area contributed by atoms with E-state index in [1.807, 2.05) is 0 Å². The summed E-state index contributed by atoms with van der Waals surface area (Å²) in [6.45, 7) is 0. The maximum Gasteiger partial charge on any atom is 0.337 e. The molecule has 0 amide bonds. The van der Waals surface area contributed by atoms with E-state index in [0.29, 0.717) is 22.4 Å². The van der Waals surface area contributed by atoms with E-state index in [4.69, 9.17) is 5.11 Å². The SMILES string of the molecule is O=C(O)c1cccc2nc(-c3ccccc3F)[nH]c12. The van der Waals surface area contributed by atoms with Gasteiger partial charge in [0.1, 0.15) is 11.6 Å².